The van der Waals surface area contributed by atoms with E-state index in [1.165, 1.54) is 0 Å². The predicted molar refractivity (Wildman–Crippen MR) is 29.9 cm³/mol. The van der Waals surface area contributed by atoms with E-state index in [1.54, 1.807) is 6.92 Å². The standard InChI is InChI=1S/C5H13NO/c1-3-5(7)4(2)6/h4-5,7H,3,6H2,1-2H3/t4-,5+/m1/s1. The van der Waals surface area contributed by atoms with Crippen LogP contribution in [0.5, 0.6) is 0 Å². The first-order chi connectivity index (χ1) is 3.18. The molecule has 3 N–H and O–H groups in total. The summed E-state index contributed by atoms with van der Waals surface area (Å²) in [6.07, 6.45) is 0.428. The van der Waals surface area contributed by atoms with Crippen LogP contribution in [0, 0.1) is 0 Å². The molecule has 0 fully saturated rings. The van der Waals surface area contributed by atoms with Crippen molar-refractivity contribution in [2.24, 2.45) is 5.73 Å². The molecule has 0 heterocycles. The fourth-order valence-corrected chi connectivity index (χ4v) is 0.372. The first-order valence-electron chi connectivity index (χ1n) is 2.62. The van der Waals surface area contributed by atoms with Crippen LogP contribution in [0.3, 0.4) is 0 Å². The SMILES string of the molecule is CC[C@H](O)[C@@H](C)N. The lowest BCUT2D eigenvalue weighted by Crippen LogP contribution is -2.30. The second kappa shape index (κ2) is 2.99. The lowest BCUT2D eigenvalue weighted by Gasteiger charge is -2.09. The fourth-order valence-electron chi connectivity index (χ4n) is 0.372. The van der Waals surface area contributed by atoms with Crippen LogP contribution in [0.2, 0.25) is 0 Å². The Bertz CT molecular complexity index is 45.3. The molecule has 2 atom stereocenters. The van der Waals surface area contributed by atoms with Crippen LogP contribution in [0.1, 0.15) is 20.3 Å². The average Bonchev–Trinajstić information content (AvgIpc) is 1.65. The Labute approximate surface area is 44.3 Å². The molecule has 0 saturated heterocycles. The van der Waals surface area contributed by atoms with Crippen molar-refractivity contribution in [1.82, 2.24) is 0 Å². The van der Waals surface area contributed by atoms with Crippen LogP contribution in [0.15, 0.2) is 0 Å². The molecule has 0 rings (SSSR count). The zero-order valence-electron chi connectivity index (χ0n) is 4.89. The lowest BCUT2D eigenvalue weighted by atomic mass is 10.1. The third-order valence-electron chi connectivity index (χ3n) is 1.03. The molecular weight excluding hydrogens is 90.1 g/mol. The molecule has 0 amide bonds. The maximum Gasteiger partial charge on any atom is 0.0685 e. The van der Waals surface area contributed by atoms with Crippen LogP contribution in [-0.4, -0.2) is 17.3 Å². The molecule has 2 heteroatoms. The van der Waals surface area contributed by atoms with Gasteiger partial charge in [-0.25, -0.2) is 0 Å². The van der Waals surface area contributed by atoms with Gasteiger partial charge < -0.3 is 10.8 Å². The van der Waals surface area contributed by atoms with E-state index in [4.69, 9.17) is 10.8 Å². The summed E-state index contributed by atoms with van der Waals surface area (Å²) >= 11 is 0. The summed E-state index contributed by atoms with van der Waals surface area (Å²) < 4.78 is 0. The van der Waals surface area contributed by atoms with E-state index in [2.05, 4.69) is 0 Å². The number of hydrogen-bond donors (Lipinski definition) is 2. The third-order valence-corrected chi connectivity index (χ3v) is 1.03. The number of aliphatic hydroxyl groups is 1. The minimum atomic E-state index is -0.319. The highest BCUT2D eigenvalue weighted by atomic mass is 16.3. The molecule has 44 valence electrons. The number of nitrogens with two attached hydrogens (primary N) is 1. The van der Waals surface area contributed by atoms with Gasteiger partial charge in [-0.15, -0.1) is 0 Å². The second-order valence-electron chi connectivity index (χ2n) is 1.83. The van der Waals surface area contributed by atoms with Gasteiger partial charge in [-0.2, -0.15) is 0 Å². The van der Waals surface area contributed by atoms with E-state index >= 15 is 0 Å². The zero-order chi connectivity index (χ0) is 5.86. The molecule has 0 bridgehead atoms. The highest BCUT2D eigenvalue weighted by Crippen LogP contribution is 1.91. The summed E-state index contributed by atoms with van der Waals surface area (Å²) in [5, 5.41) is 8.81. The van der Waals surface area contributed by atoms with Crippen molar-refractivity contribution in [3.8, 4) is 0 Å². The molecule has 0 aromatic rings. The van der Waals surface area contributed by atoms with Gasteiger partial charge in [0.2, 0.25) is 0 Å². The summed E-state index contributed by atoms with van der Waals surface area (Å²) in [6.45, 7) is 3.71. The van der Waals surface area contributed by atoms with Crippen molar-refractivity contribution in [3.63, 3.8) is 0 Å². The largest absolute Gasteiger partial charge is 0.392 e. The molecule has 0 saturated carbocycles. The van der Waals surface area contributed by atoms with Gasteiger partial charge in [-0.05, 0) is 13.3 Å². The molecule has 2 nitrogen and oxygen atoms in total. The van der Waals surface area contributed by atoms with E-state index in [1.807, 2.05) is 6.92 Å². The number of rotatable bonds is 2. The average molecular weight is 103 g/mol. The Morgan fingerprint density at radius 3 is 2.14 bits per heavy atom. The van der Waals surface area contributed by atoms with Gasteiger partial charge in [0.15, 0.2) is 0 Å². The van der Waals surface area contributed by atoms with Gasteiger partial charge in [0, 0.05) is 6.04 Å². The highest BCUT2D eigenvalue weighted by molar-refractivity contribution is 4.62. The molecule has 0 aromatic heterocycles. The van der Waals surface area contributed by atoms with Gasteiger partial charge >= 0.3 is 0 Å². The fraction of sp³-hybridized carbons (Fsp3) is 1.00. The molecule has 0 aliphatic rings. The van der Waals surface area contributed by atoms with Gasteiger partial charge in [0.05, 0.1) is 6.10 Å². The van der Waals surface area contributed by atoms with Crippen LogP contribution in [0.4, 0.5) is 0 Å². The van der Waals surface area contributed by atoms with Crippen LogP contribution >= 0.6 is 0 Å². The van der Waals surface area contributed by atoms with Gasteiger partial charge in [-0.3, -0.25) is 0 Å². The number of hydrogen-bond acceptors (Lipinski definition) is 2. The Balaban J connectivity index is 3.14. The van der Waals surface area contributed by atoms with Gasteiger partial charge in [0.25, 0.3) is 0 Å². The molecule has 7 heavy (non-hydrogen) atoms. The van der Waals surface area contributed by atoms with Crippen molar-refractivity contribution in [2.75, 3.05) is 0 Å². The molecule has 0 unspecified atom stereocenters. The summed E-state index contributed by atoms with van der Waals surface area (Å²) in [5.41, 5.74) is 5.30. The van der Waals surface area contributed by atoms with Crippen molar-refractivity contribution in [2.45, 2.75) is 32.4 Å². The van der Waals surface area contributed by atoms with Crippen molar-refractivity contribution < 1.29 is 5.11 Å². The minimum absolute atomic E-state index is 0.0787. The molecule has 0 aliphatic carbocycles. The van der Waals surface area contributed by atoms with Crippen molar-refractivity contribution in [3.05, 3.63) is 0 Å². The van der Waals surface area contributed by atoms with E-state index in [-0.39, 0.29) is 12.1 Å². The molecule has 0 aromatic carbocycles. The molecule has 0 radical (unpaired) electrons. The predicted octanol–water partition coefficient (Wildman–Crippen LogP) is 0.104. The van der Waals surface area contributed by atoms with Gasteiger partial charge in [-0.1, -0.05) is 6.92 Å². The summed E-state index contributed by atoms with van der Waals surface area (Å²) in [4.78, 5) is 0. The van der Waals surface area contributed by atoms with Crippen LogP contribution < -0.4 is 5.73 Å². The second-order valence-corrected chi connectivity index (χ2v) is 1.83. The van der Waals surface area contributed by atoms with Crippen LogP contribution in [-0.2, 0) is 0 Å². The Morgan fingerprint density at radius 1 is 1.71 bits per heavy atom. The topological polar surface area (TPSA) is 46.2 Å². The maximum absolute atomic E-state index is 8.81. The summed E-state index contributed by atoms with van der Waals surface area (Å²) in [6, 6.07) is -0.0787. The molecule has 0 aliphatic heterocycles. The van der Waals surface area contributed by atoms with E-state index < -0.39 is 0 Å². The maximum atomic E-state index is 8.81. The van der Waals surface area contributed by atoms with E-state index in [0.29, 0.717) is 0 Å². The third kappa shape index (κ3) is 2.60. The Hall–Kier alpha value is -0.0800. The van der Waals surface area contributed by atoms with Crippen molar-refractivity contribution >= 4 is 0 Å². The Morgan fingerprint density at radius 2 is 2.14 bits per heavy atom. The Kier molecular flexibility index (Phi) is 2.96. The summed E-state index contributed by atoms with van der Waals surface area (Å²) in [7, 11) is 0. The van der Waals surface area contributed by atoms with E-state index in [0.717, 1.165) is 6.42 Å². The van der Waals surface area contributed by atoms with Gasteiger partial charge in [0.1, 0.15) is 0 Å². The van der Waals surface area contributed by atoms with E-state index in [9.17, 15) is 0 Å². The smallest absolute Gasteiger partial charge is 0.0685 e. The highest BCUT2D eigenvalue weighted by Gasteiger charge is 2.03. The van der Waals surface area contributed by atoms with Crippen LogP contribution in [0.25, 0.3) is 0 Å². The van der Waals surface area contributed by atoms with Crippen molar-refractivity contribution in [1.29, 1.82) is 0 Å². The quantitative estimate of drug-likeness (QED) is 0.521. The first-order valence-corrected chi connectivity index (χ1v) is 2.62. The molecular formula is C5H13NO. The minimum Gasteiger partial charge on any atom is -0.392 e. The number of aliphatic hydroxyl groups excluding tert-OH is 1. The monoisotopic (exact) mass is 103 g/mol. The lowest BCUT2D eigenvalue weighted by molar-refractivity contribution is 0.147. The zero-order valence-corrected chi connectivity index (χ0v) is 4.89. The molecule has 0 spiro atoms. The summed E-state index contributed by atoms with van der Waals surface area (Å²) in [5.74, 6) is 0. The first kappa shape index (κ1) is 6.92. The normalized spacial score (nSPS) is 18.9.